The Morgan fingerprint density at radius 1 is 1.80 bits per heavy atom. The third kappa shape index (κ3) is 1.48. The maximum atomic E-state index is 10.8. The zero-order valence-electron chi connectivity index (χ0n) is 6.04. The highest BCUT2D eigenvalue weighted by Crippen LogP contribution is 2.22. The van der Waals surface area contributed by atoms with E-state index >= 15 is 0 Å². The zero-order chi connectivity index (χ0) is 7.56. The molecule has 1 fully saturated rings. The Labute approximate surface area is 60.0 Å². The van der Waals surface area contributed by atoms with Gasteiger partial charge in [0.2, 0.25) is 0 Å². The molecular weight excluding hydrogens is 132 g/mol. The number of cyclic esters (lactones) is 1. The fourth-order valence-corrected chi connectivity index (χ4v) is 1.23. The van der Waals surface area contributed by atoms with E-state index in [9.17, 15) is 4.79 Å². The molecule has 3 nitrogen and oxygen atoms in total. The predicted molar refractivity (Wildman–Crippen MR) is 35.4 cm³/mol. The summed E-state index contributed by atoms with van der Waals surface area (Å²) in [5, 5.41) is 8.52. The molecule has 58 valence electrons. The summed E-state index contributed by atoms with van der Waals surface area (Å²) in [6.07, 6.45) is 1.35. The van der Waals surface area contributed by atoms with Crippen LogP contribution in [0.1, 0.15) is 19.8 Å². The summed E-state index contributed by atoms with van der Waals surface area (Å²) < 4.78 is 4.88. The molecule has 1 aliphatic heterocycles. The lowest BCUT2D eigenvalue weighted by Gasteiger charge is -1.98. The SMILES string of the molecule is CC1CC(CCO)C(=O)O1. The van der Waals surface area contributed by atoms with Gasteiger partial charge in [0.05, 0.1) is 12.0 Å². The average Bonchev–Trinajstić information content (AvgIpc) is 2.13. The number of esters is 1. The highest BCUT2D eigenvalue weighted by Gasteiger charge is 2.30. The third-order valence-electron chi connectivity index (χ3n) is 1.74. The van der Waals surface area contributed by atoms with E-state index in [0.717, 1.165) is 6.42 Å². The van der Waals surface area contributed by atoms with E-state index in [-0.39, 0.29) is 24.6 Å². The molecule has 0 aliphatic carbocycles. The Balaban J connectivity index is 2.39. The van der Waals surface area contributed by atoms with Crippen LogP contribution in [0.25, 0.3) is 0 Å². The van der Waals surface area contributed by atoms with Crippen molar-refractivity contribution in [2.75, 3.05) is 6.61 Å². The molecule has 2 atom stereocenters. The molecule has 0 bridgehead atoms. The van der Waals surface area contributed by atoms with E-state index < -0.39 is 0 Å². The van der Waals surface area contributed by atoms with Gasteiger partial charge in [0.1, 0.15) is 0 Å². The summed E-state index contributed by atoms with van der Waals surface area (Å²) in [6.45, 7) is 1.95. The topological polar surface area (TPSA) is 46.5 Å². The standard InChI is InChI=1S/C7H12O3/c1-5-4-6(2-3-8)7(9)10-5/h5-6,8H,2-4H2,1H3. The molecule has 1 rings (SSSR count). The number of aliphatic hydroxyl groups is 1. The minimum atomic E-state index is -0.151. The number of hydrogen-bond acceptors (Lipinski definition) is 3. The van der Waals surface area contributed by atoms with Gasteiger partial charge in [-0.3, -0.25) is 4.79 Å². The third-order valence-corrected chi connectivity index (χ3v) is 1.74. The first-order chi connectivity index (χ1) is 4.74. The number of rotatable bonds is 2. The van der Waals surface area contributed by atoms with Crippen LogP contribution in [0.4, 0.5) is 0 Å². The van der Waals surface area contributed by atoms with E-state index in [0.29, 0.717) is 6.42 Å². The lowest BCUT2D eigenvalue weighted by molar-refractivity contribution is -0.144. The second-order valence-corrected chi connectivity index (χ2v) is 2.69. The van der Waals surface area contributed by atoms with Crippen molar-refractivity contribution < 1.29 is 14.6 Å². The Morgan fingerprint density at radius 2 is 2.50 bits per heavy atom. The van der Waals surface area contributed by atoms with Gasteiger partial charge in [-0.2, -0.15) is 0 Å². The van der Waals surface area contributed by atoms with E-state index in [1.807, 2.05) is 6.92 Å². The molecule has 0 spiro atoms. The van der Waals surface area contributed by atoms with E-state index in [4.69, 9.17) is 9.84 Å². The zero-order valence-corrected chi connectivity index (χ0v) is 6.04. The maximum Gasteiger partial charge on any atom is 0.309 e. The molecule has 0 saturated carbocycles. The maximum absolute atomic E-state index is 10.8. The van der Waals surface area contributed by atoms with Crippen LogP contribution >= 0.6 is 0 Å². The average molecular weight is 144 g/mol. The minimum Gasteiger partial charge on any atom is -0.462 e. The lowest BCUT2D eigenvalue weighted by atomic mass is 10.0. The van der Waals surface area contributed by atoms with Crippen LogP contribution in [0.3, 0.4) is 0 Å². The van der Waals surface area contributed by atoms with E-state index in [1.165, 1.54) is 0 Å². The van der Waals surface area contributed by atoms with E-state index in [2.05, 4.69) is 0 Å². The number of hydrogen-bond donors (Lipinski definition) is 1. The van der Waals surface area contributed by atoms with Crippen molar-refractivity contribution in [1.82, 2.24) is 0 Å². The van der Waals surface area contributed by atoms with Crippen LogP contribution in [0.2, 0.25) is 0 Å². The summed E-state index contributed by atoms with van der Waals surface area (Å²) in [5.74, 6) is -0.207. The second-order valence-electron chi connectivity index (χ2n) is 2.69. The van der Waals surface area contributed by atoms with Crippen LogP contribution in [0.15, 0.2) is 0 Å². The Hall–Kier alpha value is -0.570. The molecular formula is C7H12O3. The first kappa shape index (κ1) is 7.54. The summed E-state index contributed by atoms with van der Waals surface area (Å²) in [4.78, 5) is 10.8. The van der Waals surface area contributed by atoms with Gasteiger partial charge in [-0.15, -0.1) is 0 Å². The number of aliphatic hydroxyl groups excluding tert-OH is 1. The molecule has 1 aliphatic rings. The molecule has 0 aromatic heterocycles. The first-order valence-corrected chi connectivity index (χ1v) is 3.55. The smallest absolute Gasteiger partial charge is 0.309 e. The monoisotopic (exact) mass is 144 g/mol. The van der Waals surface area contributed by atoms with E-state index in [1.54, 1.807) is 0 Å². The second kappa shape index (κ2) is 3.01. The summed E-state index contributed by atoms with van der Waals surface area (Å²) in [5.41, 5.74) is 0. The summed E-state index contributed by atoms with van der Waals surface area (Å²) in [7, 11) is 0. The normalized spacial score (nSPS) is 32.4. The van der Waals surface area contributed by atoms with Crippen molar-refractivity contribution in [2.24, 2.45) is 5.92 Å². The van der Waals surface area contributed by atoms with Gasteiger partial charge in [-0.05, 0) is 19.8 Å². The van der Waals surface area contributed by atoms with Crippen molar-refractivity contribution in [3.05, 3.63) is 0 Å². The number of carbonyl (C=O) groups is 1. The Morgan fingerprint density at radius 3 is 2.90 bits per heavy atom. The predicted octanol–water partition coefficient (Wildman–Crippen LogP) is 0.320. The fourth-order valence-electron chi connectivity index (χ4n) is 1.23. The fraction of sp³-hybridized carbons (Fsp3) is 0.857. The van der Waals surface area contributed by atoms with Crippen molar-refractivity contribution in [2.45, 2.75) is 25.9 Å². The highest BCUT2D eigenvalue weighted by molar-refractivity contribution is 5.74. The molecule has 0 aromatic rings. The molecule has 1 N–H and O–H groups in total. The van der Waals surface area contributed by atoms with Crippen molar-refractivity contribution in [3.8, 4) is 0 Å². The van der Waals surface area contributed by atoms with Crippen LogP contribution in [0, 0.1) is 5.92 Å². The molecule has 0 amide bonds. The van der Waals surface area contributed by atoms with Crippen LogP contribution < -0.4 is 0 Å². The van der Waals surface area contributed by atoms with Crippen molar-refractivity contribution >= 4 is 5.97 Å². The molecule has 3 heteroatoms. The van der Waals surface area contributed by atoms with Gasteiger partial charge in [-0.1, -0.05) is 0 Å². The van der Waals surface area contributed by atoms with Gasteiger partial charge in [0.25, 0.3) is 0 Å². The summed E-state index contributed by atoms with van der Waals surface area (Å²) >= 11 is 0. The Bertz CT molecular complexity index is 133. The summed E-state index contributed by atoms with van der Waals surface area (Å²) in [6, 6.07) is 0. The van der Waals surface area contributed by atoms with Crippen LogP contribution in [-0.4, -0.2) is 23.8 Å². The minimum absolute atomic E-state index is 0.0454. The largest absolute Gasteiger partial charge is 0.462 e. The lowest BCUT2D eigenvalue weighted by Crippen LogP contribution is -2.08. The van der Waals surface area contributed by atoms with Gasteiger partial charge in [0, 0.05) is 6.61 Å². The molecule has 0 aromatic carbocycles. The van der Waals surface area contributed by atoms with Gasteiger partial charge in [-0.25, -0.2) is 0 Å². The first-order valence-electron chi connectivity index (χ1n) is 3.55. The number of ether oxygens (including phenoxy) is 1. The molecule has 10 heavy (non-hydrogen) atoms. The molecule has 2 unspecified atom stereocenters. The quantitative estimate of drug-likeness (QED) is 0.568. The van der Waals surface area contributed by atoms with Crippen LogP contribution in [-0.2, 0) is 9.53 Å². The van der Waals surface area contributed by atoms with Crippen molar-refractivity contribution in [1.29, 1.82) is 0 Å². The van der Waals surface area contributed by atoms with Crippen molar-refractivity contribution in [3.63, 3.8) is 0 Å². The van der Waals surface area contributed by atoms with Gasteiger partial charge in [0.15, 0.2) is 0 Å². The highest BCUT2D eigenvalue weighted by atomic mass is 16.5. The molecule has 0 radical (unpaired) electrons. The number of carbonyl (C=O) groups excluding carboxylic acids is 1. The molecule has 1 heterocycles. The molecule has 1 saturated heterocycles. The van der Waals surface area contributed by atoms with Gasteiger partial charge >= 0.3 is 5.97 Å². The van der Waals surface area contributed by atoms with Gasteiger partial charge < -0.3 is 9.84 Å². The van der Waals surface area contributed by atoms with Crippen LogP contribution in [0.5, 0.6) is 0 Å². The Kier molecular flexibility index (Phi) is 2.27.